The first-order valence-corrected chi connectivity index (χ1v) is 6.71. The maximum Gasteiger partial charge on any atom is 0.152 e. The minimum atomic E-state index is 0.668. The van der Waals surface area contributed by atoms with E-state index in [0.29, 0.717) is 5.75 Å². The van der Waals surface area contributed by atoms with Crippen LogP contribution in [-0.2, 0) is 12.2 Å². The van der Waals surface area contributed by atoms with Gasteiger partial charge in [0.2, 0.25) is 0 Å². The van der Waals surface area contributed by atoms with Gasteiger partial charge < -0.3 is 0 Å². The maximum absolute atomic E-state index is 4.45. The van der Waals surface area contributed by atoms with Gasteiger partial charge in [-0.05, 0) is 17.5 Å². The zero-order chi connectivity index (χ0) is 9.80. The van der Waals surface area contributed by atoms with Gasteiger partial charge in [0.15, 0.2) is 5.82 Å². The van der Waals surface area contributed by atoms with Crippen molar-refractivity contribution in [1.82, 2.24) is 9.36 Å². The lowest BCUT2D eigenvalue weighted by molar-refractivity contribution is 0.356. The van der Waals surface area contributed by atoms with E-state index in [1.165, 1.54) is 37.1 Å². The third kappa shape index (κ3) is 2.70. The summed E-state index contributed by atoms with van der Waals surface area (Å²) < 4.78 is 4.25. The van der Waals surface area contributed by atoms with Gasteiger partial charge in [-0.1, -0.05) is 32.1 Å². The Morgan fingerprint density at radius 3 is 2.71 bits per heavy atom. The number of rotatable bonds is 3. The Morgan fingerprint density at radius 1 is 1.29 bits per heavy atom. The molecule has 0 bridgehead atoms. The minimum absolute atomic E-state index is 0.668. The predicted molar refractivity (Wildman–Crippen MR) is 62.9 cm³/mol. The van der Waals surface area contributed by atoms with Crippen molar-refractivity contribution in [2.24, 2.45) is 5.92 Å². The predicted octanol–water partition coefficient (Wildman–Crippen LogP) is 3.09. The molecule has 1 aromatic heterocycles. The van der Waals surface area contributed by atoms with Crippen molar-refractivity contribution in [1.29, 1.82) is 0 Å². The molecule has 1 aromatic rings. The highest BCUT2D eigenvalue weighted by atomic mass is 32.1. The summed E-state index contributed by atoms with van der Waals surface area (Å²) in [5.41, 5.74) is 0. The van der Waals surface area contributed by atoms with Gasteiger partial charge in [-0.15, -0.1) is 0 Å². The van der Waals surface area contributed by atoms with E-state index in [-0.39, 0.29) is 0 Å². The molecular formula is C10H16N2S2. The first kappa shape index (κ1) is 10.4. The van der Waals surface area contributed by atoms with Gasteiger partial charge in [0, 0.05) is 6.42 Å². The Balaban J connectivity index is 1.89. The molecule has 78 valence electrons. The Bertz CT molecular complexity index is 279. The molecule has 1 heterocycles. The lowest BCUT2D eigenvalue weighted by Crippen LogP contribution is -2.08. The summed E-state index contributed by atoms with van der Waals surface area (Å²) >= 11 is 5.73. The third-order valence-corrected chi connectivity index (χ3v) is 3.89. The first-order valence-electron chi connectivity index (χ1n) is 5.31. The first-order chi connectivity index (χ1) is 6.88. The normalized spacial score (nSPS) is 18.6. The van der Waals surface area contributed by atoms with Crippen molar-refractivity contribution in [3.8, 4) is 0 Å². The van der Waals surface area contributed by atoms with E-state index in [1.807, 2.05) is 0 Å². The SMILES string of the molecule is SCc1nsc(CC2CCCCC2)n1. The number of thiol groups is 1. The molecule has 4 heteroatoms. The van der Waals surface area contributed by atoms with Crippen LogP contribution in [0.25, 0.3) is 0 Å². The highest BCUT2D eigenvalue weighted by Gasteiger charge is 2.15. The molecule has 0 saturated heterocycles. The van der Waals surface area contributed by atoms with E-state index in [0.717, 1.165) is 18.2 Å². The van der Waals surface area contributed by atoms with Crippen LogP contribution in [0, 0.1) is 5.92 Å². The minimum Gasteiger partial charge on any atom is -0.224 e. The molecule has 14 heavy (non-hydrogen) atoms. The largest absolute Gasteiger partial charge is 0.224 e. The number of aromatic nitrogens is 2. The Kier molecular flexibility index (Phi) is 3.81. The molecule has 1 aliphatic carbocycles. The molecule has 1 fully saturated rings. The Morgan fingerprint density at radius 2 is 2.07 bits per heavy atom. The molecule has 1 aliphatic rings. The van der Waals surface area contributed by atoms with Gasteiger partial charge >= 0.3 is 0 Å². The highest BCUT2D eigenvalue weighted by molar-refractivity contribution is 7.79. The second kappa shape index (κ2) is 5.12. The zero-order valence-corrected chi connectivity index (χ0v) is 9.99. The van der Waals surface area contributed by atoms with E-state index >= 15 is 0 Å². The summed E-state index contributed by atoms with van der Waals surface area (Å²) in [4.78, 5) is 4.45. The molecule has 0 N–H and O–H groups in total. The van der Waals surface area contributed by atoms with Crippen molar-refractivity contribution in [3.63, 3.8) is 0 Å². The molecule has 0 aromatic carbocycles. The number of hydrogen-bond donors (Lipinski definition) is 1. The summed E-state index contributed by atoms with van der Waals surface area (Å²) in [6, 6.07) is 0. The number of hydrogen-bond acceptors (Lipinski definition) is 4. The summed E-state index contributed by atoms with van der Waals surface area (Å²) in [7, 11) is 0. The van der Waals surface area contributed by atoms with E-state index in [4.69, 9.17) is 0 Å². The lowest BCUT2D eigenvalue weighted by Gasteiger charge is -2.19. The second-order valence-electron chi connectivity index (χ2n) is 3.97. The summed E-state index contributed by atoms with van der Waals surface area (Å²) in [5, 5.41) is 1.21. The molecule has 0 spiro atoms. The van der Waals surface area contributed by atoms with Crippen LogP contribution in [0.2, 0.25) is 0 Å². The van der Waals surface area contributed by atoms with Gasteiger partial charge in [-0.3, -0.25) is 0 Å². The summed E-state index contributed by atoms with van der Waals surface area (Å²) in [5.74, 6) is 2.43. The van der Waals surface area contributed by atoms with Gasteiger partial charge in [0.1, 0.15) is 5.01 Å². The van der Waals surface area contributed by atoms with Crippen LogP contribution in [0.3, 0.4) is 0 Å². The number of nitrogens with zero attached hydrogens (tertiary/aromatic N) is 2. The van der Waals surface area contributed by atoms with E-state index < -0.39 is 0 Å². The molecule has 0 aliphatic heterocycles. The molecule has 0 radical (unpaired) electrons. The lowest BCUT2D eigenvalue weighted by atomic mass is 9.87. The van der Waals surface area contributed by atoms with Crippen LogP contribution < -0.4 is 0 Å². The van der Waals surface area contributed by atoms with Gasteiger partial charge in [0.05, 0.1) is 5.75 Å². The molecule has 0 atom stereocenters. The smallest absolute Gasteiger partial charge is 0.152 e. The maximum atomic E-state index is 4.45. The quantitative estimate of drug-likeness (QED) is 0.804. The molecule has 1 saturated carbocycles. The van der Waals surface area contributed by atoms with E-state index in [2.05, 4.69) is 22.0 Å². The molecule has 0 unspecified atom stereocenters. The van der Waals surface area contributed by atoms with Crippen molar-refractivity contribution in [2.45, 2.75) is 44.3 Å². The fourth-order valence-electron chi connectivity index (χ4n) is 2.08. The van der Waals surface area contributed by atoms with Crippen LogP contribution in [0.4, 0.5) is 0 Å². The standard InChI is InChI=1S/C10H16N2S2/c13-7-9-11-10(14-12-9)6-8-4-2-1-3-5-8/h8,13H,1-7H2. The highest BCUT2D eigenvalue weighted by Crippen LogP contribution is 2.27. The second-order valence-corrected chi connectivity index (χ2v) is 5.12. The van der Waals surface area contributed by atoms with Crippen LogP contribution in [0.5, 0.6) is 0 Å². The molecule has 2 rings (SSSR count). The van der Waals surface area contributed by atoms with Gasteiger partial charge in [0.25, 0.3) is 0 Å². The van der Waals surface area contributed by atoms with Crippen LogP contribution in [-0.4, -0.2) is 9.36 Å². The molecule has 0 amide bonds. The van der Waals surface area contributed by atoms with Crippen molar-refractivity contribution >= 4 is 24.2 Å². The summed E-state index contributed by atoms with van der Waals surface area (Å²) in [6.45, 7) is 0. The summed E-state index contributed by atoms with van der Waals surface area (Å²) in [6.07, 6.45) is 8.15. The van der Waals surface area contributed by atoms with E-state index in [1.54, 1.807) is 11.5 Å². The van der Waals surface area contributed by atoms with Gasteiger partial charge in [-0.25, -0.2) is 4.98 Å². The van der Waals surface area contributed by atoms with Gasteiger partial charge in [-0.2, -0.15) is 17.0 Å². The van der Waals surface area contributed by atoms with Crippen molar-refractivity contribution in [2.75, 3.05) is 0 Å². The average molecular weight is 228 g/mol. The molecular weight excluding hydrogens is 212 g/mol. The zero-order valence-electron chi connectivity index (χ0n) is 8.28. The Hall–Kier alpha value is -0.0900. The fraction of sp³-hybridized carbons (Fsp3) is 0.800. The average Bonchev–Trinajstić information content (AvgIpc) is 2.67. The van der Waals surface area contributed by atoms with Crippen LogP contribution in [0.1, 0.15) is 42.9 Å². The fourth-order valence-corrected chi connectivity index (χ4v) is 3.09. The molecule has 2 nitrogen and oxygen atoms in total. The monoisotopic (exact) mass is 228 g/mol. The topological polar surface area (TPSA) is 25.8 Å². The van der Waals surface area contributed by atoms with Crippen LogP contribution in [0.15, 0.2) is 0 Å². The van der Waals surface area contributed by atoms with E-state index in [9.17, 15) is 0 Å². The van der Waals surface area contributed by atoms with Crippen molar-refractivity contribution < 1.29 is 0 Å². The van der Waals surface area contributed by atoms with Crippen molar-refractivity contribution in [3.05, 3.63) is 10.8 Å². The Labute approximate surface area is 94.7 Å². The van der Waals surface area contributed by atoms with Crippen LogP contribution >= 0.6 is 24.2 Å². The third-order valence-electron chi connectivity index (χ3n) is 2.84.